The first-order valence-corrected chi connectivity index (χ1v) is 8.71. The van der Waals surface area contributed by atoms with Gasteiger partial charge < -0.3 is 15.7 Å². The number of aliphatic carboxylic acids is 1. The molecule has 0 aromatic rings. The summed E-state index contributed by atoms with van der Waals surface area (Å²) in [6.07, 6.45) is 9.38. The smallest absolute Gasteiger partial charge is 0.331 e. The standard InChI is InChI=1S/C14H24N2O3.CH3Br/c1-3-4-5-6-10-16-13(17)11-15-9-7-8-12(2)14(18)19;1-2/h7-9,15H,3-6,10-11H2,1-2H3,(H,16,17)(H,18,19);1H3/p+1/b9-7-,12-8+;. The van der Waals surface area contributed by atoms with Crippen molar-refractivity contribution in [2.45, 2.75) is 39.5 Å². The van der Waals surface area contributed by atoms with Crippen LogP contribution in [0.5, 0.6) is 0 Å². The number of carbonyl (C=O) groups is 2. The largest absolute Gasteiger partial charge is 0.478 e. The molecule has 0 aliphatic rings. The van der Waals surface area contributed by atoms with E-state index in [2.05, 4.69) is 28.2 Å². The zero-order valence-electron chi connectivity index (χ0n) is 13.2. The van der Waals surface area contributed by atoms with Crippen LogP contribution >= 0.6 is 15.9 Å². The Morgan fingerprint density at radius 3 is 2.48 bits per heavy atom. The number of amides is 1. The van der Waals surface area contributed by atoms with Crippen molar-refractivity contribution in [2.75, 3.05) is 18.9 Å². The Kier molecular flexibility index (Phi) is 17.8. The van der Waals surface area contributed by atoms with E-state index in [9.17, 15) is 9.59 Å². The van der Waals surface area contributed by atoms with Crippen LogP contribution in [-0.4, -0.2) is 35.9 Å². The van der Waals surface area contributed by atoms with Gasteiger partial charge in [0.1, 0.15) is 0 Å². The van der Waals surface area contributed by atoms with Crippen molar-refractivity contribution in [3.63, 3.8) is 0 Å². The van der Waals surface area contributed by atoms with E-state index in [0.717, 1.165) is 19.4 Å². The molecule has 0 fully saturated rings. The number of halogens is 1. The molecule has 0 bridgehead atoms. The van der Waals surface area contributed by atoms with Gasteiger partial charge in [0.15, 0.2) is 6.54 Å². The normalized spacial score (nSPS) is 11.0. The molecule has 0 radical (unpaired) electrons. The van der Waals surface area contributed by atoms with Gasteiger partial charge in [-0.1, -0.05) is 42.1 Å². The van der Waals surface area contributed by atoms with Crippen LogP contribution in [0.15, 0.2) is 23.9 Å². The fourth-order valence-corrected chi connectivity index (χ4v) is 1.38. The number of unbranched alkanes of at least 4 members (excludes halogenated alkanes) is 3. The number of carbonyl (C=O) groups excluding carboxylic acids is 1. The molecule has 0 unspecified atom stereocenters. The second-order valence-electron chi connectivity index (χ2n) is 4.39. The molecule has 0 spiro atoms. The van der Waals surface area contributed by atoms with Gasteiger partial charge in [-0.25, -0.2) is 4.79 Å². The molecular weight excluding hydrogens is 336 g/mol. The number of hydrogen-bond acceptors (Lipinski definition) is 2. The maximum absolute atomic E-state index is 11.4. The highest BCUT2D eigenvalue weighted by Crippen LogP contribution is 1.96. The molecule has 4 N–H and O–H groups in total. The third kappa shape index (κ3) is 16.8. The lowest BCUT2D eigenvalue weighted by atomic mass is 10.2. The number of alkyl halides is 1. The first-order valence-electron chi connectivity index (χ1n) is 7.12. The third-order valence-corrected chi connectivity index (χ3v) is 2.59. The van der Waals surface area contributed by atoms with Gasteiger partial charge in [0.25, 0.3) is 5.91 Å². The van der Waals surface area contributed by atoms with Crippen LogP contribution in [-0.2, 0) is 9.59 Å². The molecule has 122 valence electrons. The van der Waals surface area contributed by atoms with E-state index in [1.807, 2.05) is 5.83 Å². The van der Waals surface area contributed by atoms with Crippen LogP contribution in [0.1, 0.15) is 39.5 Å². The summed E-state index contributed by atoms with van der Waals surface area (Å²) in [6, 6.07) is 0. The molecule has 5 nitrogen and oxygen atoms in total. The molecule has 0 aliphatic heterocycles. The minimum atomic E-state index is -0.936. The van der Waals surface area contributed by atoms with Gasteiger partial charge in [-0.2, -0.15) is 0 Å². The number of hydrogen-bond donors (Lipinski definition) is 3. The number of nitrogens with two attached hydrogens (primary N) is 1. The van der Waals surface area contributed by atoms with E-state index in [-0.39, 0.29) is 11.5 Å². The minimum absolute atomic E-state index is 0.0000783. The quantitative estimate of drug-likeness (QED) is 0.239. The Bertz CT molecular complexity index is 342. The first-order chi connectivity index (χ1) is 10.1. The van der Waals surface area contributed by atoms with Crippen LogP contribution in [0.4, 0.5) is 0 Å². The molecule has 0 aromatic carbocycles. The van der Waals surface area contributed by atoms with E-state index in [0.29, 0.717) is 6.54 Å². The zero-order chi connectivity index (χ0) is 16.5. The number of carboxylic acid groups (broad SMARTS) is 1. The summed E-state index contributed by atoms with van der Waals surface area (Å²) in [6.45, 7) is 4.73. The highest BCUT2D eigenvalue weighted by molar-refractivity contribution is 9.08. The third-order valence-electron chi connectivity index (χ3n) is 2.59. The van der Waals surface area contributed by atoms with Gasteiger partial charge in [-0.3, -0.25) is 4.79 Å². The van der Waals surface area contributed by atoms with Gasteiger partial charge in [0.05, 0.1) is 6.20 Å². The topological polar surface area (TPSA) is 83.0 Å². The van der Waals surface area contributed by atoms with E-state index >= 15 is 0 Å². The molecule has 21 heavy (non-hydrogen) atoms. The maximum atomic E-state index is 11.4. The predicted octanol–water partition coefficient (Wildman–Crippen LogP) is 1.80. The van der Waals surface area contributed by atoms with Crippen molar-refractivity contribution >= 4 is 27.8 Å². The van der Waals surface area contributed by atoms with Gasteiger partial charge in [0.2, 0.25) is 0 Å². The van der Waals surface area contributed by atoms with Gasteiger partial charge in [0, 0.05) is 12.1 Å². The van der Waals surface area contributed by atoms with Crippen molar-refractivity contribution in [1.82, 2.24) is 5.32 Å². The average Bonchev–Trinajstić information content (AvgIpc) is 2.48. The van der Waals surface area contributed by atoms with Crippen molar-refractivity contribution in [1.29, 1.82) is 0 Å². The first kappa shape index (κ1) is 22.1. The summed E-state index contributed by atoms with van der Waals surface area (Å²) in [5.74, 6) is 0.877. The lowest BCUT2D eigenvalue weighted by Crippen LogP contribution is -2.80. The molecule has 0 aromatic heterocycles. The Balaban J connectivity index is 0. The highest BCUT2D eigenvalue weighted by atomic mass is 79.9. The van der Waals surface area contributed by atoms with Crippen molar-refractivity contribution < 1.29 is 20.0 Å². The van der Waals surface area contributed by atoms with Gasteiger partial charge >= 0.3 is 5.97 Å². The van der Waals surface area contributed by atoms with Gasteiger partial charge in [-0.05, 0) is 31.3 Å². The SMILES string of the molecule is CBr.CCCCCCNC(=O)C[NH2+]/C=C\C=C(/C)C(=O)O. The average molecular weight is 364 g/mol. The number of carboxylic acids is 1. The molecule has 0 saturated carbocycles. The fourth-order valence-electron chi connectivity index (χ4n) is 1.38. The van der Waals surface area contributed by atoms with Crippen LogP contribution in [0, 0.1) is 0 Å². The second kappa shape index (κ2) is 16.9. The number of allylic oxidation sites excluding steroid dienone is 2. The Hall–Kier alpha value is -1.14. The summed E-state index contributed by atoms with van der Waals surface area (Å²) >= 11 is 2.94. The van der Waals surface area contributed by atoms with E-state index < -0.39 is 5.97 Å². The summed E-state index contributed by atoms with van der Waals surface area (Å²) < 4.78 is 0. The van der Waals surface area contributed by atoms with Crippen molar-refractivity contribution in [2.24, 2.45) is 0 Å². The number of quaternary nitrogens is 1. The van der Waals surface area contributed by atoms with Crippen LogP contribution < -0.4 is 10.6 Å². The van der Waals surface area contributed by atoms with Crippen molar-refractivity contribution in [3.05, 3.63) is 23.9 Å². The van der Waals surface area contributed by atoms with E-state index in [1.54, 1.807) is 17.6 Å². The lowest BCUT2D eigenvalue weighted by molar-refractivity contribution is -0.575. The Labute approximate surface area is 136 Å². The second-order valence-corrected chi connectivity index (χ2v) is 4.39. The molecule has 0 rings (SSSR count). The van der Waals surface area contributed by atoms with Crippen molar-refractivity contribution in [3.8, 4) is 0 Å². The molecule has 0 aliphatic carbocycles. The molecule has 0 saturated heterocycles. The van der Waals surface area contributed by atoms with Crippen LogP contribution in [0.25, 0.3) is 0 Å². The van der Waals surface area contributed by atoms with Crippen LogP contribution in [0.2, 0.25) is 0 Å². The number of rotatable bonds is 10. The molecule has 0 heterocycles. The Morgan fingerprint density at radius 1 is 1.24 bits per heavy atom. The van der Waals surface area contributed by atoms with Gasteiger partial charge in [-0.15, -0.1) is 0 Å². The predicted molar refractivity (Wildman–Crippen MR) is 89.3 cm³/mol. The molecule has 1 amide bonds. The monoisotopic (exact) mass is 363 g/mol. The Morgan fingerprint density at radius 2 is 1.90 bits per heavy atom. The van der Waals surface area contributed by atoms with E-state index in [4.69, 9.17) is 5.11 Å². The summed E-state index contributed by atoms with van der Waals surface area (Å²) in [5.41, 5.74) is 0.269. The lowest BCUT2D eigenvalue weighted by Gasteiger charge is -2.02. The summed E-state index contributed by atoms with van der Waals surface area (Å²) in [7, 11) is 0. The summed E-state index contributed by atoms with van der Waals surface area (Å²) in [5, 5.41) is 13.2. The summed E-state index contributed by atoms with van der Waals surface area (Å²) in [4.78, 5) is 21.9. The maximum Gasteiger partial charge on any atom is 0.331 e. The number of nitrogens with one attached hydrogen (secondary N) is 1. The fraction of sp³-hybridized carbons (Fsp3) is 0.600. The molecule has 6 heteroatoms. The molecular formula is C15H28BrN2O3+. The highest BCUT2D eigenvalue weighted by Gasteiger charge is 2.00. The van der Waals surface area contributed by atoms with E-state index in [1.165, 1.54) is 25.8 Å². The minimum Gasteiger partial charge on any atom is -0.478 e. The zero-order valence-corrected chi connectivity index (χ0v) is 14.8. The van der Waals surface area contributed by atoms with Crippen LogP contribution in [0.3, 0.4) is 0 Å². The molecule has 0 atom stereocenters.